The fourth-order valence-electron chi connectivity index (χ4n) is 4.00. The highest BCUT2D eigenvalue weighted by atomic mass is 16.1. The van der Waals surface area contributed by atoms with Crippen molar-refractivity contribution < 1.29 is 4.79 Å². The van der Waals surface area contributed by atoms with Gasteiger partial charge in [-0.1, -0.05) is 50.1 Å². The third-order valence-corrected chi connectivity index (χ3v) is 5.17. The minimum absolute atomic E-state index is 0.126. The van der Waals surface area contributed by atoms with Gasteiger partial charge in [-0.15, -0.1) is 0 Å². The molecule has 3 atom stereocenters. The number of piperidine rings is 2. The van der Waals surface area contributed by atoms with E-state index in [0.29, 0.717) is 11.8 Å². The second-order valence-corrected chi connectivity index (χ2v) is 6.38. The van der Waals surface area contributed by atoms with Gasteiger partial charge in [0.15, 0.2) is 5.78 Å². The molecule has 3 rings (SSSR count). The third-order valence-electron chi connectivity index (χ3n) is 5.17. The summed E-state index contributed by atoms with van der Waals surface area (Å²) in [6.07, 6.45) is 7.45. The molecule has 0 aromatic heterocycles. The van der Waals surface area contributed by atoms with Gasteiger partial charge in [-0.25, -0.2) is 0 Å². The lowest BCUT2D eigenvalue weighted by Crippen LogP contribution is -2.54. The number of hydrogen-bond donors (Lipinski definition) is 0. The normalized spacial score (nSPS) is 30.8. The Hall–Kier alpha value is -1.15. The lowest BCUT2D eigenvalue weighted by Gasteiger charge is -2.47. The molecule has 2 aliphatic heterocycles. The summed E-state index contributed by atoms with van der Waals surface area (Å²) in [5, 5.41) is 0. The van der Waals surface area contributed by atoms with Crippen LogP contribution in [0, 0.1) is 5.92 Å². The van der Waals surface area contributed by atoms with Crippen molar-refractivity contribution >= 4 is 5.78 Å². The van der Waals surface area contributed by atoms with Gasteiger partial charge in [0.1, 0.15) is 0 Å². The first-order chi connectivity index (χ1) is 9.79. The van der Waals surface area contributed by atoms with Crippen LogP contribution in [0.1, 0.15) is 55.8 Å². The first kappa shape index (κ1) is 13.8. The summed E-state index contributed by atoms with van der Waals surface area (Å²) < 4.78 is 0. The monoisotopic (exact) mass is 271 g/mol. The van der Waals surface area contributed by atoms with Crippen LogP contribution in [-0.2, 0) is 0 Å². The Labute approximate surface area is 122 Å². The van der Waals surface area contributed by atoms with Crippen molar-refractivity contribution in [1.82, 2.24) is 4.90 Å². The number of fused-ring (bicyclic) bond motifs is 1. The van der Waals surface area contributed by atoms with Crippen molar-refractivity contribution in [3.63, 3.8) is 0 Å². The lowest BCUT2D eigenvalue weighted by atomic mass is 9.78. The van der Waals surface area contributed by atoms with E-state index in [-0.39, 0.29) is 6.04 Å². The number of carbonyl (C=O) groups excluding carboxylic acids is 1. The Balaban J connectivity index is 1.83. The van der Waals surface area contributed by atoms with Gasteiger partial charge in [0.05, 0.1) is 6.04 Å². The third kappa shape index (κ3) is 2.67. The van der Waals surface area contributed by atoms with Crippen LogP contribution in [0.5, 0.6) is 0 Å². The van der Waals surface area contributed by atoms with E-state index in [0.717, 1.165) is 24.4 Å². The van der Waals surface area contributed by atoms with E-state index in [9.17, 15) is 4.79 Å². The summed E-state index contributed by atoms with van der Waals surface area (Å²) in [7, 11) is 0. The maximum Gasteiger partial charge on any atom is 0.179 e. The van der Waals surface area contributed by atoms with Crippen LogP contribution < -0.4 is 0 Å². The molecule has 0 saturated carbocycles. The Morgan fingerprint density at radius 1 is 1.20 bits per heavy atom. The van der Waals surface area contributed by atoms with Crippen LogP contribution in [0.15, 0.2) is 30.3 Å². The molecule has 1 aromatic carbocycles. The maximum absolute atomic E-state index is 12.9. The number of nitrogens with zero attached hydrogens (tertiary/aromatic N) is 1. The van der Waals surface area contributed by atoms with Crippen LogP contribution in [0.3, 0.4) is 0 Å². The number of carbonyl (C=O) groups is 1. The summed E-state index contributed by atoms with van der Waals surface area (Å²) in [6, 6.07) is 10.6. The van der Waals surface area contributed by atoms with Gasteiger partial charge >= 0.3 is 0 Å². The van der Waals surface area contributed by atoms with Crippen LogP contribution in [0.2, 0.25) is 0 Å². The second kappa shape index (κ2) is 6.09. The number of Topliss-reactive ketones (excluding diaryl/α,β-unsaturated/α-hetero) is 1. The molecule has 0 radical (unpaired) electrons. The minimum Gasteiger partial charge on any atom is -0.292 e. The number of hydrogen-bond acceptors (Lipinski definition) is 2. The van der Waals surface area contributed by atoms with Crippen molar-refractivity contribution in [3.8, 4) is 0 Å². The van der Waals surface area contributed by atoms with Crippen LogP contribution in [0.4, 0.5) is 0 Å². The molecule has 108 valence electrons. The fraction of sp³-hybridized carbons (Fsp3) is 0.611. The first-order valence-electron chi connectivity index (χ1n) is 8.14. The van der Waals surface area contributed by atoms with E-state index in [4.69, 9.17) is 0 Å². The molecule has 2 nitrogen and oxygen atoms in total. The van der Waals surface area contributed by atoms with Gasteiger partial charge in [0, 0.05) is 11.6 Å². The zero-order chi connectivity index (χ0) is 13.9. The summed E-state index contributed by atoms with van der Waals surface area (Å²) in [5.41, 5.74) is 0.888. The fourth-order valence-corrected chi connectivity index (χ4v) is 4.00. The molecule has 2 heteroatoms. The van der Waals surface area contributed by atoms with E-state index in [1.807, 2.05) is 30.3 Å². The van der Waals surface area contributed by atoms with Gasteiger partial charge in [-0.2, -0.15) is 0 Å². The summed E-state index contributed by atoms with van der Waals surface area (Å²) in [4.78, 5) is 15.4. The molecule has 2 aliphatic rings. The topological polar surface area (TPSA) is 20.3 Å². The van der Waals surface area contributed by atoms with Crippen molar-refractivity contribution in [2.24, 2.45) is 5.92 Å². The predicted molar refractivity (Wildman–Crippen MR) is 81.9 cm³/mol. The lowest BCUT2D eigenvalue weighted by molar-refractivity contribution is 0.0241. The molecule has 3 unspecified atom stereocenters. The Bertz CT molecular complexity index is 456. The molecule has 0 spiro atoms. The minimum atomic E-state index is 0.126. The average Bonchev–Trinajstić information content (AvgIpc) is 2.54. The van der Waals surface area contributed by atoms with E-state index >= 15 is 0 Å². The maximum atomic E-state index is 12.9. The molecule has 0 bridgehead atoms. The molecule has 2 heterocycles. The highest BCUT2D eigenvalue weighted by Gasteiger charge is 2.39. The highest BCUT2D eigenvalue weighted by Crippen LogP contribution is 2.36. The zero-order valence-electron chi connectivity index (χ0n) is 12.4. The highest BCUT2D eigenvalue weighted by molar-refractivity contribution is 6.00. The molecular formula is C18H25NO. The molecule has 2 saturated heterocycles. The van der Waals surface area contributed by atoms with Gasteiger partial charge in [-0.3, -0.25) is 9.69 Å². The molecular weight excluding hydrogens is 246 g/mol. The van der Waals surface area contributed by atoms with E-state index in [1.165, 1.54) is 32.1 Å². The van der Waals surface area contributed by atoms with Crippen LogP contribution in [0.25, 0.3) is 0 Å². The largest absolute Gasteiger partial charge is 0.292 e. The smallest absolute Gasteiger partial charge is 0.179 e. The van der Waals surface area contributed by atoms with Crippen LogP contribution in [-0.4, -0.2) is 29.3 Å². The summed E-state index contributed by atoms with van der Waals surface area (Å²) in [6.45, 7) is 3.39. The number of rotatable bonds is 3. The molecule has 0 amide bonds. The van der Waals surface area contributed by atoms with Crippen molar-refractivity contribution in [2.75, 3.05) is 6.54 Å². The first-order valence-corrected chi connectivity index (χ1v) is 8.14. The Kier molecular flexibility index (Phi) is 4.21. The van der Waals surface area contributed by atoms with Crippen LogP contribution >= 0.6 is 0 Å². The number of benzene rings is 1. The van der Waals surface area contributed by atoms with Gasteiger partial charge in [0.25, 0.3) is 0 Å². The summed E-state index contributed by atoms with van der Waals surface area (Å²) >= 11 is 0. The van der Waals surface area contributed by atoms with Crippen molar-refractivity contribution in [1.29, 1.82) is 0 Å². The van der Waals surface area contributed by atoms with Crippen molar-refractivity contribution in [2.45, 2.75) is 57.5 Å². The molecule has 1 aromatic rings. The molecule has 0 N–H and O–H groups in total. The van der Waals surface area contributed by atoms with Gasteiger partial charge in [0.2, 0.25) is 0 Å². The number of ketones is 1. The standard InChI is InChI=1S/C18H25NO/c1-2-14-12-16-10-6-7-11-19(16)17(13-14)18(20)15-8-4-3-5-9-15/h3-5,8-9,14,16-17H,2,6-7,10-13H2,1H3. The Morgan fingerprint density at radius 2 is 2.00 bits per heavy atom. The van der Waals surface area contributed by atoms with E-state index in [2.05, 4.69) is 11.8 Å². The van der Waals surface area contributed by atoms with Gasteiger partial charge < -0.3 is 0 Å². The van der Waals surface area contributed by atoms with Gasteiger partial charge in [-0.05, 0) is 38.1 Å². The zero-order valence-corrected chi connectivity index (χ0v) is 12.4. The quantitative estimate of drug-likeness (QED) is 0.777. The molecule has 0 aliphatic carbocycles. The summed E-state index contributed by atoms with van der Waals surface area (Å²) in [5.74, 6) is 1.07. The van der Waals surface area contributed by atoms with E-state index < -0.39 is 0 Å². The molecule has 20 heavy (non-hydrogen) atoms. The Morgan fingerprint density at radius 3 is 2.75 bits per heavy atom. The van der Waals surface area contributed by atoms with E-state index in [1.54, 1.807) is 0 Å². The molecule has 2 fully saturated rings. The second-order valence-electron chi connectivity index (χ2n) is 6.38. The average molecular weight is 271 g/mol. The predicted octanol–water partition coefficient (Wildman–Crippen LogP) is 3.91. The SMILES string of the molecule is CCC1CC2CCCCN2C(C(=O)c2ccccc2)C1. The van der Waals surface area contributed by atoms with Crippen molar-refractivity contribution in [3.05, 3.63) is 35.9 Å².